The zero-order chi connectivity index (χ0) is 15.4. The third-order valence-corrected chi connectivity index (χ3v) is 3.34. The highest BCUT2D eigenvalue weighted by molar-refractivity contribution is 5.70. The third-order valence-electron chi connectivity index (χ3n) is 3.34. The molecule has 0 radical (unpaired) electrons. The fourth-order valence-corrected chi connectivity index (χ4v) is 2.11. The summed E-state index contributed by atoms with van der Waals surface area (Å²) in [6.45, 7) is 8.41. The largest absolute Gasteiger partial charge is 0.467 e. The van der Waals surface area contributed by atoms with E-state index in [4.69, 9.17) is 9.47 Å². The first kappa shape index (κ1) is 16.8. The van der Waals surface area contributed by atoms with Gasteiger partial charge in [-0.2, -0.15) is 0 Å². The van der Waals surface area contributed by atoms with Crippen LogP contribution >= 0.6 is 0 Å². The summed E-state index contributed by atoms with van der Waals surface area (Å²) >= 11 is 0. The van der Waals surface area contributed by atoms with Crippen LogP contribution in [0.5, 0.6) is 0 Å². The van der Waals surface area contributed by atoms with Crippen molar-refractivity contribution in [2.24, 2.45) is 0 Å². The van der Waals surface area contributed by atoms with Crippen LogP contribution in [0, 0.1) is 0 Å². The number of carbonyl (C=O) groups excluding carboxylic acids is 2. The molecular formula is C14H25NO5. The SMILES string of the molecule is CCC1(OCC(=O)OC)CCN(C(=O)OC(C)(C)C)C1. The molecule has 0 aliphatic carbocycles. The molecule has 1 aliphatic rings. The van der Waals surface area contributed by atoms with Gasteiger partial charge in [-0.1, -0.05) is 6.92 Å². The summed E-state index contributed by atoms with van der Waals surface area (Å²) in [6, 6.07) is 0. The summed E-state index contributed by atoms with van der Waals surface area (Å²) in [5.41, 5.74) is -0.994. The Morgan fingerprint density at radius 2 is 1.95 bits per heavy atom. The van der Waals surface area contributed by atoms with E-state index in [2.05, 4.69) is 4.74 Å². The van der Waals surface area contributed by atoms with Gasteiger partial charge in [-0.05, 0) is 33.6 Å². The second kappa shape index (κ2) is 6.43. The minimum Gasteiger partial charge on any atom is -0.467 e. The van der Waals surface area contributed by atoms with Crippen molar-refractivity contribution in [3.63, 3.8) is 0 Å². The molecule has 6 nitrogen and oxygen atoms in total. The number of ether oxygens (including phenoxy) is 3. The van der Waals surface area contributed by atoms with E-state index < -0.39 is 17.2 Å². The number of carbonyl (C=O) groups is 2. The topological polar surface area (TPSA) is 65.1 Å². The smallest absolute Gasteiger partial charge is 0.410 e. The maximum atomic E-state index is 12.0. The standard InChI is InChI=1S/C14H25NO5/c1-6-14(19-9-11(16)18-5)7-8-15(10-14)12(17)20-13(2,3)4/h6-10H2,1-5H3. The van der Waals surface area contributed by atoms with E-state index in [9.17, 15) is 9.59 Å². The van der Waals surface area contributed by atoms with E-state index >= 15 is 0 Å². The van der Waals surface area contributed by atoms with Crippen molar-refractivity contribution >= 4 is 12.1 Å². The summed E-state index contributed by atoms with van der Waals surface area (Å²) in [6.07, 6.45) is 1.08. The van der Waals surface area contributed by atoms with Gasteiger partial charge in [0.2, 0.25) is 0 Å². The van der Waals surface area contributed by atoms with E-state index in [0.717, 1.165) is 6.42 Å². The molecule has 0 saturated carbocycles. The van der Waals surface area contributed by atoms with E-state index in [1.54, 1.807) is 4.90 Å². The number of methoxy groups -OCH3 is 1. The Hall–Kier alpha value is -1.30. The lowest BCUT2D eigenvalue weighted by Gasteiger charge is -2.29. The van der Waals surface area contributed by atoms with Gasteiger partial charge in [-0.3, -0.25) is 0 Å². The predicted molar refractivity (Wildman–Crippen MR) is 73.4 cm³/mol. The van der Waals surface area contributed by atoms with Gasteiger partial charge < -0.3 is 19.1 Å². The third kappa shape index (κ3) is 4.67. The van der Waals surface area contributed by atoms with Crippen LogP contribution in [0.1, 0.15) is 40.5 Å². The Balaban J connectivity index is 2.58. The summed E-state index contributed by atoms with van der Waals surface area (Å²) in [7, 11) is 1.33. The Bertz CT molecular complexity index is 363. The molecule has 6 heteroatoms. The summed E-state index contributed by atoms with van der Waals surface area (Å²) < 4.78 is 15.6. The number of esters is 1. The molecule has 0 aromatic rings. The first-order valence-corrected chi connectivity index (χ1v) is 6.90. The van der Waals surface area contributed by atoms with E-state index in [1.165, 1.54) is 7.11 Å². The van der Waals surface area contributed by atoms with Crippen molar-refractivity contribution < 1.29 is 23.8 Å². The summed E-state index contributed by atoms with van der Waals surface area (Å²) in [5.74, 6) is -0.409. The van der Waals surface area contributed by atoms with Gasteiger partial charge >= 0.3 is 12.1 Å². The highest BCUT2D eigenvalue weighted by Gasteiger charge is 2.41. The second-order valence-corrected chi connectivity index (χ2v) is 6.05. The van der Waals surface area contributed by atoms with E-state index in [-0.39, 0.29) is 12.7 Å². The Morgan fingerprint density at radius 1 is 1.30 bits per heavy atom. The molecule has 0 aromatic carbocycles. The van der Waals surface area contributed by atoms with Crippen LogP contribution in [-0.4, -0.2) is 55.0 Å². The molecular weight excluding hydrogens is 262 g/mol. The average molecular weight is 287 g/mol. The second-order valence-electron chi connectivity index (χ2n) is 6.05. The zero-order valence-electron chi connectivity index (χ0n) is 13.0. The van der Waals surface area contributed by atoms with Gasteiger partial charge in [0.25, 0.3) is 0 Å². The summed E-state index contributed by atoms with van der Waals surface area (Å²) in [4.78, 5) is 24.8. The van der Waals surface area contributed by atoms with Gasteiger partial charge in [0.15, 0.2) is 0 Å². The van der Waals surface area contributed by atoms with Crippen molar-refractivity contribution in [2.75, 3.05) is 26.8 Å². The molecule has 1 atom stereocenters. The molecule has 20 heavy (non-hydrogen) atoms. The van der Waals surface area contributed by atoms with Gasteiger partial charge in [0.1, 0.15) is 12.2 Å². The highest BCUT2D eigenvalue weighted by Crippen LogP contribution is 2.29. The maximum absolute atomic E-state index is 12.0. The van der Waals surface area contributed by atoms with Crippen molar-refractivity contribution in [1.29, 1.82) is 0 Å². The monoisotopic (exact) mass is 287 g/mol. The lowest BCUT2D eigenvalue weighted by molar-refractivity contribution is -0.152. The van der Waals surface area contributed by atoms with Crippen LogP contribution in [0.3, 0.4) is 0 Å². The number of hydrogen-bond acceptors (Lipinski definition) is 5. The fraction of sp³-hybridized carbons (Fsp3) is 0.857. The number of rotatable bonds is 4. The molecule has 1 saturated heterocycles. The molecule has 1 aliphatic heterocycles. The first-order valence-electron chi connectivity index (χ1n) is 6.90. The van der Waals surface area contributed by atoms with Crippen LogP contribution in [0.4, 0.5) is 4.79 Å². The van der Waals surface area contributed by atoms with Crippen molar-refractivity contribution in [2.45, 2.75) is 51.7 Å². The van der Waals surface area contributed by atoms with Gasteiger partial charge in [0, 0.05) is 6.54 Å². The molecule has 1 fully saturated rings. The molecule has 0 N–H and O–H groups in total. The predicted octanol–water partition coefficient (Wildman–Crippen LogP) is 1.97. The molecule has 0 spiro atoms. The van der Waals surface area contributed by atoms with Crippen LogP contribution in [0.2, 0.25) is 0 Å². The molecule has 1 amide bonds. The molecule has 0 bridgehead atoms. The van der Waals surface area contributed by atoms with Crippen LogP contribution in [-0.2, 0) is 19.0 Å². The van der Waals surface area contributed by atoms with E-state index in [0.29, 0.717) is 19.5 Å². The van der Waals surface area contributed by atoms with E-state index in [1.807, 2.05) is 27.7 Å². The molecule has 116 valence electrons. The van der Waals surface area contributed by atoms with Crippen LogP contribution in [0.25, 0.3) is 0 Å². The number of likely N-dealkylation sites (tertiary alicyclic amines) is 1. The number of nitrogens with zero attached hydrogens (tertiary/aromatic N) is 1. The number of hydrogen-bond donors (Lipinski definition) is 0. The van der Waals surface area contributed by atoms with Crippen molar-refractivity contribution in [3.05, 3.63) is 0 Å². The lowest BCUT2D eigenvalue weighted by atomic mass is 10.00. The zero-order valence-corrected chi connectivity index (χ0v) is 13.0. The van der Waals surface area contributed by atoms with Crippen LogP contribution < -0.4 is 0 Å². The van der Waals surface area contributed by atoms with Crippen LogP contribution in [0.15, 0.2) is 0 Å². The highest BCUT2D eigenvalue weighted by atomic mass is 16.6. The Labute approximate surface area is 120 Å². The normalized spacial score (nSPS) is 22.8. The van der Waals surface area contributed by atoms with Gasteiger partial charge in [-0.25, -0.2) is 9.59 Å². The van der Waals surface area contributed by atoms with Crippen molar-refractivity contribution in [1.82, 2.24) is 4.90 Å². The summed E-state index contributed by atoms with van der Waals surface area (Å²) in [5, 5.41) is 0. The Morgan fingerprint density at radius 3 is 2.45 bits per heavy atom. The van der Waals surface area contributed by atoms with Gasteiger partial charge in [-0.15, -0.1) is 0 Å². The molecule has 1 rings (SSSR count). The minimum atomic E-state index is -0.512. The lowest BCUT2D eigenvalue weighted by Crippen LogP contribution is -2.41. The average Bonchev–Trinajstić information content (AvgIpc) is 2.79. The quantitative estimate of drug-likeness (QED) is 0.740. The first-order chi connectivity index (χ1) is 9.21. The Kier molecular flexibility index (Phi) is 5.39. The molecule has 1 unspecified atom stereocenters. The van der Waals surface area contributed by atoms with Gasteiger partial charge in [0.05, 0.1) is 19.3 Å². The van der Waals surface area contributed by atoms with Crippen molar-refractivity contribution in [3.8, 4) is 0 Å². The fourth-order valence-electron chi connectivity index (χ4n) is 2.11. The minimum absolute atomic E-state index is 0.0908. The molecule has 1 heterocycles. The molecule has 0 aromatic heterocycles. The number of amides is 1. The maximum Gasteiger partial charge on any atom is 0.410 e.